The Labute approximate surface area is 150 Å². The van der Waals surface area contributed by atoms with Crippen LogP contribution in [0.25, 0.3) is 5.69 Å². The first kappa shape index (κ1) is 16.4. The maximum atomic E-state index is 13.0. The lowest BCUT2D eigenvalue weighted by Crippen LogP contribution is -2.36. The van der Waals surface area contributed by atoms with Gasteiger partial charge in [-0.2, -0.15) is 4.31 Å². The van der Waals surface area contributed by atoms with Gasteiger partial charge in [0.05, 0.1) is 22.8 Å². The summed E-state index contributed by atoms with van der Waals surface area (Å²) in [5.74, 6) is 0. The van der Waals surface area contributed by atoms with Crippen molar-refractivity contribution in [1.82, 2.24) is 19.3 Å². The number of aryl methyl sites for hydroxylation is 2. The molecule has 0 radical (unpaired) electrons. The number of hydrogen-bond donors (Lipinski definition) is 0. The van der Waals surface area contributed by atoms with Crippen LogP contribution in [-0.2, 0) is 23.0 Å². The van der Waals surface area contributed by atoms with Crippen molar-refractivity contribution in [3.63, 3.8) is 0 Å². The predicted molar refractivity (Wildman–Crippen MR) is 96.5 cm³/mol. The third-order valence-corrected chi connectivity index (χ3v) is 7.45. The van der Waals surface area contributed by atoms with Gasteiger partial charge in [-0.25, -0.2) is 13.1 Å². The van der Waals surface area contributed by atoms with Crippen LogP contribution in [0.2, 0.25) is 0 Å². The van der Waals surface area contributed by atoms with E-state index in [1.54, 1.807) is 10.7 Å². The summed E-state index contributed by atoms with van der Waals surface area (Å²) < 4.78 is 29.3. The van der Waals surface area contributed by atoms with E-state index in [1.807, 2.05) is 44.2 Å². The van der Waals surface area contributed by atoms with E-state index in [0.717, 1.165) is 26.8 Å². The van der Waals surface area contributed by atoms with Gasteiger partial charge in [-0.15, -0.1) is 16.4 Å². The average Bonchev–Trinajstić information content (AvgIpc) is 3.18. The minimum atomic E-state index is -3.50. The quantitative estimate of drug-likeness (QED) is 0.707. The number of aromatic nitrogens is 3. The number of nitrogens with zero attached hydrogens (tertiary/aromatic N) is 4. The van der Waals surface area contributed by atoms with Gasteiger partial charge in [0.1, 0.15) is 5.69 Å². The largest absolute Gasteiger partial charge is 0.244 e. The third-order valence-electron chi connectivity index (χ3n) is 4.38. The molecule has 0 bridgehead atoms. The molecule has 1 aromatic carbocycles. The molecule has 0 unspecified atom stereocenters. The maximum Gasteiger partial charge on any atom is 0.244 e. The molecule has 3 aromatic rings. The summed E-state index contributed by atoms with van der Waals surface area (Å²) >= 11 is 1.51. The van der Waals surface area contributed by atoms with Gasteiger partial charge in [-0.05, 0) is 32.0 Å². The van der Waals surface area contributed by atoms with Gasteiger partial charge in [-0.1, -0.05) is 23.4 Å². The van der Waals surface area contributed by atoms with E-state index in [0.29, 0.717) is 17.9 Å². The topological polar surface area (TPSA) is 68.1 Å². The lowest BCUT2D eigenvalue weighted by molar-refractivity contribution is 0.384. The zero-order valence-corrected chi connectivity index (χ0v) is 15.6. The Morgan fingerprint density at radius 3 is 2.60 bits per heavy atom. The van der Waals surface area contributed by atoms with Crippen molar-refractivity contribution in [1.29, 1.82) is 0 Å². The molecule has 4 rings (SSSR count). The molecule has 0 spiro atoms. The Morgan fingerprint density at radius 2 is 1.92 bits per heavy atom. The number of fused-ring (bicyclic) bond motifs is 1. The van der Waals surface area contributed by atoms with Gasteiger partial charge in [0.25, 0.3) is 0 Å². The van der Waals surface area contributed by atoms with Gasteiger partial charge < -0.3 is 0 Å². The first-order valence-electron chi connectivity index (χ1n) is 8.03. The molecule has 1 aliphatic heterocycles. The highest BCUT2D eigenvalue weighted by atomic mass is 32.2. The van der Waals surface area contributed by atoms with Gasteiger partial charge in [-0.3, -0.25) is 0 Å². The molecule has 25 heavy (non-hydrogen) atoms. The van der Waals surface area contributed by atoms with Crippen molar-refractivity contribution < 1.29 is 8.42 Å². The minimum absolute atomic E-state index is 0.263. The molecule has 6 nitrogen and oxygen atoms in total. The van der Waals surface area contributed by atoms with Crippen LogP contribution in [0.15, 0.2) is 41.3 Å². The summed E-state index contributed by atoms with van der Waals surface area (Å²) in [6, 6.07) is 11.5. The normalized spacial score (nSPS) is 15.3. The Morgan fingerprint density at radius 1 is 1.16 bits per heavy atom. The van der Waals surface area contributed by atoms with E-state index in [1.165, 1.54) is 15.6 Å². The van der Waals surface area contributed by atoms with Crippen LogP contribution >= 0.6 is 11.3 Å². The predicted octanol–water partition coefficient (Wildman–Crippen LogP) is 2.69. The van der Waals surface area contributed by atoms with E-state index >= 15 is 0 Å². The fourth-order valence-electron chi connectivity index (χ4n) is 3.17. The van der Waals surface area contributed by atoms with Crippen LogP contribution in [0, 0.1) is 13.8 Å². The maximum absolute atomic E-state index is 13.0. The molecular weight excluding hydrogens is 356 g/mol. The molecule has 130 valence electrons. The summed E-state index contributed by atoms with van der Waals surface area (Å²) in [5, 5.41) is 8.45. The first-order chi connectivity index (χ1) is 12.0. The van der Waals surface area contributed by atoms with Crippen molar-refractivity contribution in [3.05, 3.63) is 57.5 Å². The lowest BCUT2D eigenvalue weighted by Gasteiger charge is -2.25. The number of thiophene rings is 1. The number of benzene rings is 1. The average molecular weight is 374 g/mol. The van der Waals surface area contributed by atoms with Crippen LogP contribution in [0.5, 0.6) is 0 Å². The molecule has 2 aromatic heterocycles. The van der Waals surface area contributed by atoms with Crippen LogP contribution in [0.3, 0.4) is 0 Å². The molecule has 0 N–H and O–H groups in total. The van der Waals surface area contributed by atoms with Gasteiger partial charge in [0.2, 0.25) is 10.0 Å². The fraction of sp³-hybridized carbons (Fsp3) is 0.294. The molecule has 0 fully saturated rings. The SMILES string of the molecule is Cc1cc(S(=O)(=O)N2CCc3c(nnn3-c3ccccc3)C2)c(C)s1. The zero-order valence-electron chi connectivity index (χ0n) is 14.0. The Balaban J connectivity index is 1.66. The standard InChI is InChI=1S/C17H18N4O2S2/c1-12-10-17(13(2)24-12)25(22,23)20-9-8-16-15(11-20)18-19-21(16)14-6-4-3-5-7-14/h3-7,10H,8-9,11H2,1-2H3. The smallest absolute Gasteiger partial charge is 0.217 e. The highest BCUT2D eigenvalue weighted by Crippen LogP contribution is 2.30. The van der Waals surface area contributed by atoms with Crippen LogP contribution < -0.4 is 0 Å². The van der Waals surface area contributed by atoms with Crippen LogP contribution in [-0.4, -0.2) is 34.3 Å². The summed E-state index contributed by atoms with van der Waals surface area (Å²) in [4.78, 5) is 2.24. The van der Waals surface area contributed by atoms with Crippen LogP contribution in [0.4, 0.5) is 0 Å². The summed E-state index contributed by atoms with van der Waals surface area (Å²) in [5.41, 5.74) is 2.65. The fourth-order valence-corrected chi connectivity index (χ4v) is 6.09. The van der Waals surface area contributed by atoms with Gasteiger partial charge in [0, 0.05) is 22.7 Å². The second-order valence-corrected chi connectivity index (χ2v) is 9.46. The summed E-state index contributed by atoms with van der Waals surface area (Å²) in [6.07, 6.45) is 0.596. The number of hydrogen-bond acceptors (Lipinski definition) is 5. The van der Waals surface area contributed by atoms with Crippen molar-refractivity contribution in [3.8, 4) is 5.69 Å². The van der Waals surface area contributed by atoms with E-state index in [4.69, 9.17) is 0 Å². The first-order valence-corrected chi connectivity index (χ1v) is 10.3. The lowest BCUT2D eigenvalue weighted by atomic mass is 10.2. The van der Waals surface area contributed by atoms with Gasteiger partial charge in [0.15, 0.2) is 0 Å². The summed E-state index contributed by atoms with van der Waals surface area (Å²) in [7, 11) is -3.50. The molecule has 0 saturated heterocycles. The second-order valence-electron chi connectivity index (χ2n) is 6.10. The molecule has 1 aliphatic rings. The second kappa shape index (κ2) is 6.05. The third kappa shape index (κ3) is 2.80. The molecule has 0 aliphatic carbocycles. The Hall–Kier alpha value is -2.03. The molecule has 0 atom stereocenters. The van der Waals surface area contributed by atoms with E-state index in [9.17, 15) is 8.42 Å². The minimum Gasteiger partial charge on any atom is -0.217 e. The number of sulfonamides is 1. The van der Waals surface area contributed by atoms with E-state index in [2.05, 4.69) is 10.3 Å². The van der Waals surface area contributed by atoms with Crippen LogP contribution in [0.1, 0.15) is 21.1 Å². The van der Waals surface area contributed by atoms with E-state index < -0.39 is 10.0 Å². The van der Waals surface area contributed by atoms with E-state index in [-0.39, 0.29) is 6.54 Å². The van der Waals surface area contributed by atoms with Crippen molar-refractivity contribution >= 4 is 21.4 Å². The molecule has 3 heterocycles. The number of rotatable bonds is 3. The Kier molecular flexibility index (Phi) is 3.98. The molecule has 0 amide bonds. The monoisotopic (exact) mass is 374 g/mol. The molecule has 8 heteroatoms. The van der Waals surface area contributed by atoms with Crippen molar-refractivity contribution in [2.24, 2.45) is 0 Å². The Bertz CT molecular complexity index is 1020. The summed E-state index contributed by atoms with van der Waals surface area (Å²) in [6.45, 7) is 4.48. The highest BCUT2D eigenvalue weighted by Gasteiger charge is 2.33. The van der Waals surface area contributed by atoms with Gasteiger partial charge >= 0.3 is 0 Å². The zero-order chi connectivity index (χ0) is 17.6. The van der Waals surface area contributed by atoms with Crippen molar-refractivity contribution in [2.45, 2.75) is 31.7 Å². The number of para-hydroxylation sites is 1. The molecule has 0 saturated carbocycles. The van der Waals surface area contributed by atoms with Crippen molar-refractivity contribution in [2.75, 3.05) is 6.54 Å². The highest BCUT2D eigenvalue weighted by molar-refractivity contribution is 7.89. The molecular formula is C17H18N4O2S2.